The fourth-order valence-corrected chi connectivity index (χ4v) is 3.68. The highest BCUT2D eigenvalue weighted by Crippen LogP contribution is 2.37. The SMILES string of the molecule is CCOc1cc2occ(-c3ccccc3)c2cc1/C(C)=C/C(=O)NCc1c(F)cccc1F. The molecular formula is C27H23F2NO3. The lowest BCUT2D eigenvalue weighted by atomic mass is 9.99. The number of hydrogen-bond donors (Lipinski definition) is 1. The molecule has 4 aromatic rings. The van der Waals surface area contributed by atoms with Gasteiger partial charge in [-0.3, -0.25) is 4.79 Å². The maximum atomic E-state index is 13.8. The number of rotatable bonds is 7. The summed E-state index contributed by atoms with van der Waals surface area (Å²) in [6.07, 6.45) is 3.10. The summed E-state index contributed by atoms with van der Waals surface area (Å²) in [5, 5.41) is 3.44. The van der Waals surface area contributed by atoms with E-state index in [9.17, 15) is 13.6 Å². The van der Waals surface area contributed by atoms with E-state index >= 15 is 0 Å². The van der Waals surface area contributed by atoms with Gasteiger partial charge in [-0.25, -0.2) is 8.78 Å². The number of benzene rings is 3. The Kier molecular flexibility index (Phi) is 6.54. The monoisotopic (exact) mass is 447 g/mol. The van der Waals surface area contributed by atoms with E-state index < -0.39 is 17.5 Å². The van der Waals surface area contributed by atoms with Crippen LogP contribution in [0, 0.1) is 11.6 Å². The topological polar surface area (TPSA) is 51.5 Å². The predicted molar refractivity (Wildman–Crippen MR) is 125 cm³/mol. The first kappa shape index (κ1) is 22.3. The van der Waals surface area contributed by atoms with Crippen molar-refractivity contribution < 1.29 is 22.7 Å². The average molecular weight is 447 g/mol. The van der Waals surface area contributed by atoms with E-state index in [1.54, 1.807) is 13.2 Å². The Balaban J connectivity index is 1.65. The number of ether oxygens (including phenoxy) is 1. The number of amides is 1. The normalized spacial score (nSPS) is 11.6. The van der Waals surface area contributed by atoms with Crippen LogP contribution in [0.3, 0.4) is 0 Å². The second kappa shape index (κ2) is 9.69. The molecule has 0 saturated heterocycles. The molecule has 168 valence electrons. The lowest BCUT2D eigenvalue weighted by molar-refractivity contribution is -0.116. The number of fused-ring (bicyclic) bond motifs is 1. The van der Waals surface area contributed by atoms with Gasteiger partial charge in [0.2, 0.25) is 5.91 Å². The summed E-state index contributed by atoms with van der Waals surface area (Å²) in [7, 11) is 0. The first-order valence-electron chi connectivity index (χ1n) is 10.6. The highest BCUT2D eigenvalue weighted by Gasteiger charge is 2.16. The van der Waals surface area contributed by atoms with Gasteiger partial charge in [0.25, 0.3) is 0 Å². The van der Waals surface area contributed by atoms with Gasteiger partial charge < -0.3 is 14.5 Å². The van der Waals surface area contributed by atoms with E-state index in [0.717, 1.165) is 34.2 Å². The minimum absolute atomic E-state index is 0.181. The van der Waals surface area contributed by atoms with Crippen LogP contribution in [0.25, 0.3) is 27.7 Å². The molecule has 0 atom stereocenters. The van der Waals surface area contributed by atoms with Crippen LogP contribution in [0.4, 0.5) is 8.78 Å². The van der Waals surface area contributed by atoms with Gasteiger partial charge in [0, 0.05) is 40.8 Å². The van der Waals surface area contributed by atoms with E-state index in [4.69, 9.17) is 9.15 Å². The van der Waals surface area contributed by atoms with Gasteiger partial charge in [-0.05, 0) is 43.2 Å². The number of allylic oxidation sites excluding steroid dienone is 1. The van der Waals surface area contributed by atoms with E-state index in [-0.39, 0.29) is 12.1 Å². The average Bonchev–Trinajstić information content (AvgIpc) is 3.22. The zero-order valence-electron chi connectivity index (χ0n) is 18.3. The van der Waals surface area contributed by atoms with E-state index in [1.165, 1.54) is 12.1 Å². The first-order chi connectivity index (χ1) is 16.0. The Morgan fingerprint density at radius 1 is 1.06 bits per heavy atom. The van der Waals surface area contributed by atoms with Crippen LogP contribution in [-0.4, -0.2) is 12.5 Å². The van der Waals surface area contributed by atoms with Crippen molar-refractivity contribution in [1.82, 2.24) is 5.32 Å². The van der Waals surface area contributed by atoms with E-state index in [2.05, 4.69) is 5.32 Å². The van der Waals surface area contributed by atoms with Gasteiger partial charge in [-0.15, -0.1) is 0 Å². The van der Waals surface area contributed by atoms with Gasteiger partial charge in [0.1, 0.15) is 23.0 Å². The molecule has 0 unspecified atom stereocenters. The van der Waals surface area contributed by atoms with E-state index in [0.29, 0.717) is 23.5 Å². The van der Waals surface area contributed by atoms with Crippen molar-refractivity contribution in [2.75, 3.05) is 6.61 Å². The summed E-state index contributed by atoms with van der Waals surface area (Å²) < 4.78 is 39.2. The van der Waals surface area contributed by atoms with Crippen LogP contribution in [0.2, 0.25) is 0 Å². The second-order valence-electron chi connectivity index (χ2n) is 7.54. The zero-order chi connectivity index (χ0) is 23.4. The number of furan rings is 1. The van der Waals surface area contributed by atoms with Gasteiger partial charge in [-0.2, -0.15) is 0 Å². The van der Waals surface area contributed by atoms with Gasteiger partial charge >= 0.3 is 0 Å². The molecule has 1 N–H and O–H groups in total. The summed E-state index contributed by atoms with van der Waals surface area (Å²) in [5.74, 6) is -1.28. The lowest BCUT2D eigenvalue weighted by Crippen LogP contribution is -2.22. The van der Waals surface area contributed by atoms with Crippen LogP contribution < -0.4 is 10.1 Å². The van der Waals surface area contributed by atoms with Crippen molar-refractivity contribution in [3.63, 3.8) is 0 Å². The van der Waals surface area contributed by atoms with Crippen molar-refractivity contribution in [3.05, 3.63) is 95.8 Å². The molecule has 3 aromatic carbocycles. The van der Waals surface area contributed by atoms with Crippen molar-refractivity contribution in [2.45, 2.75) is 20.4 Å². The smallest absolute Gasteiger partial charge is 0.244 e. The van der Waals surface area contributed by atoms with Crippen molar-refractivity contribution in [2.24, 2.45) is 0 Å². The standard InChI is InChI=1S/C27H23F2NO3/c1-3-32-25-14-26-20(22(16-33-26)18-8-5-4-6-9-18)13-19(25)17(2)12-27(31)30-15-21-23(28)10-7-11-24(21)29/h4-14,16H,3,15H2,1-2H3,(H,30,31)/b17-12+. The minimum Gasteiger partial charge on any atom is -0.493 e. The highest BCUT2D eigenvalue weighted by atomic mass is 19.1. The molecule has 0 spiro atoms. The van der Waals surface area contributed by atoms with Crippen LogP contribution >= 0.6 is 0 Å². The molecule has 0 bridgehead atoms. The molecule has 4 rings (SSSR count). The molecule has 6 heteroatoms. The molecule has 0 saturated carbocycles. The third-order valence-electron chi connectivity index (χ3n) is 5.33. The summed E-state index contributed by atoms with van der Waals surface area (Å²) in [6.45, 7) is 3.85. The molecule has 0 radical (unpaired) electrons. The fraction of sp³-hybridized carbons (Fsp3) is 0.148. The second-order valence-corrected chi connectivity index (χ2v) is 7.54. The Hall–Kier alpha value is -3.93. The van der Waals surface area contributed by atoms with Gasteiger partial charge in [0.05, 0.1) is 12.9 Å². The number of carbonyl (C=O) groups excluding carboxylic acids is 1. The van der Waals surface area contributed by atoms with Gasteiger partial charge in [-0.1, -0.05) is 36.4 Å². The highest BCUT2D eigenvalue weighted by molar-refractivity contribution is 6.00. The zero-order valence-corrected chi connectivity index (χ0v) is 18.3. The van der Waals surface area contributed by atoms with Crippen molar-refractivity contribution in [1.29, 1.82) is 0 Å². The lowest BCUT2D eigenvalue weighted by Gasteiger charge is -2.12. The molecule has 1 aromatic heterocycles. The third-order valence-corrected chi connectivity index (χ3v) is 5.33. The quantitative estimate of drug-likeness (QED) is 0.329. The van der Waals surface area contributed by atoms with Gasteiger partial charge in [0.15, 0.2) is 0 Å². The number of halogens is 2. The molecule has 4 nitrogen and oxygen atoms in total. The van der Waals surface area contributed by atoms with Crippen molar-refractivity contribution in [3.8, 4) is 16.9 Å². The molecule has 1 amide bonds. The van der Waals surface area contributed by atoms with Crippen LogP contribution in [0.1, 0.15) is 25.0 Å². The summed E-state index contributed by atoms with van der Waals surface area (Å²) in [5.41, 5.74) is 3.81. The van der Waals surface area contributed by atoms with Crippen LogP contribution in [-0.2, 0) is 11.3 Å². The summed E-state index contributed by atoms with van der Waals surface area (Å²) >= 11 is 0. The van der Waals surface area contributed by atoms with E-state index in [1.807, 2.05) is 49.4 Å². The minimum atomic E-state index is -0.700. The maximum absolute atomic E-state index is 13.8. The molecular weight excluding hydrogens is 424 g/mol. The number of nitrogens with one attached hydrogen (secondary N) is 1. The Labute approximate surface area is 190 Å². The molecule has 0 aliphatic carbocycles. The fourth-order valence-electron chi connectivity index (χ4n) is 3.68. The molecule has 0 fully saturated rings. The molecule has 33 heavy (non-hydrogen) atoms. The first-order valence-corrected chi connectivity index (χ1v) is 10.6. The Morgan fingerprint density at radius 3 is 2.48 bits per heavy atom. The number of hydrogen-bond acceptors (Lipinski definition) is 3. The largest absolute Gasteiger partial charge is 0.493 e. The molecule has 0 aliphatic heterocycles. The Morgan fingerprint density at radius 2 is 1.79 bits per heavy atom. The maximum Gasteiger partial charge on any atom is 0.244 e. The molecule has 1 heterocycles. The Bertz CT molecular complexity index is 1310. The summed E-state index contributed by atoms with van der Waals surface area (Å²) in [6, 6.07) is 17.2. The van der Waals surface area contributed by atoms with Crippen molar-refractivity contribution >= 4 is 22.4 Å². The third kappa shape index (κ3) is 4.80. The van der Waals surface area contributed by atoms with Crippen LogP contribution in [0.15, 0.2) is 77.4 Å². The molecule has 0 aliphatic rings. The van der Waals surface area contributed by atoms with Crippen LogP contribution in [0.5, 0.6) is 5.75 Å². The number of carbonyl (C=O) groups is 1. The predicted octanol–water partition coefficient (Wildman–Crippen LogP) is 6.50. The summed E-state index contributed by atoms with van der Waals surface area (Å²) in [4.78, 5) is 12.5.